The zero-order valence-electron chi connectivity index (χ0n) is 9.85. The molecule has 0 saturated carbocycles. The molecule has 18 heavy (non-hydrogen) atoms. The second-order valence-electron chi connectivity index (χ2n) is 4.10. The van der Waals surface area contributed by atoms with Gasteiger partial charge in [-0.05, 0) is 24.1 Å². The maximum atomic E-state index is 9.01. The number of benzene rings is 1. The summed E-state index contributed by atoms with van der Waals surface area (Å²) in [5.41, 5.74) is 1.83. The summed E-state index contributed by atoms with van der Waals surface area (Å²) in [7, 11) is 0. The average Bonchev–Trinajstić information content (AvgIpc) is 2.76. The van der Waals surface area contributed by atoms with Crippen LogP contribution < -0.4 is 0 Å². The van der Waals surface area contributed by atoms with E-state index in [1.54, 1.807) is 22.9 Å². The number of halogens is 2. The van der Waals surface area contributed by atoms with Gasteiger partial charge in [-0.15, -0.1) is 5.10 Å². The highest BCUT2D eigenvalue weighted by molar-refractivity contribution is 6.42. The zero-order valence-corrected chi connectivity index (χ0v) is 11.4. The maximum Gasteiger partial charge on any atom is 0.186 e. The second kappa shape index (κ2) is 4.97. The van der Waals surface area contributed by atoms with E-state index >= 15 is 0 Å². The predicted molar refractivity (Wildman–Crippen MR) is 70.2 cm³/mol. The summed E-state index contributed by atoms with van der Waals surface area (Å²) in [4.78, 5) is 0. The van der Waals surface area contributed by atoms with Crippen LogP contribution in [0.2, 0.25) is 10.0 Å². The van der Waals surface area contributed by atoms with Crippen LogP contribution in [0, 0.1) is 11.3 Å². The van der Waals surface area contributed by atoms with Crippen molar-refractivity contribution in [3.8, 4) is 11.8 Å². The van der Waals surface area contributed by atoms with E-state index in [0.29, 0.717) is 15.7 Å². The van der Waals surface area contributed by atoms with Crippen LogP contribution in [-0.2, 0) is 0 Å². The number of nitriles is 1. The van der Waals surface area contributed by atoms with Crippen molar-refractivity contribution < 1.29 is 0 Å². The molecule has 4 nitrogen and oxygen atoms in total. The van der Waals surface area contributed by atoms with Gasteiger partial charge in [-0.3, -0.25) is 0 Å². The minimum absolute atomic E-state index is 0.129. The van der Waals surface area contributed by atoms with Crippen molar-refractivity contribution in [2.24, 2.45) is 0 Å². The van der Waals surface area contributed by atoms with Crippen molar-refractivity contribution in [2.75, 3.05) is 0 Å². The van der Waals surface area contributed by atoms with Crippen LogP contribution in [0.3, 0.4) is 0 Å². The Labute approximate surface area is 115 Å². The normalized spacial score (nSPS) is 10.7. The lowest BCUT2D eigenvalue weighted by molar-refractivity contribution is 0.715. The van der Waals surface area contributed by atoms with Crippen molar-refractivity contribution in [2.45, 2.75) is 19.8 Å². The molecule has 6 heteroatoms. The van der Waals surface area contributed by atoms with E-state index in [2.05, 4.69) is 10.3 Å². The molecule has 0 saturated heterocycles. The Bertz CT molecular complexity index is 625. The molecule has 0 unspecified atom stereocenters. The van der Waals surface area contributed by atoms with Gasteiger partial charge < -0.3 is 0 Å². The van der Waals surface area contributed by atoms with Crippen molar-refractivity contribution in [3.63, 3.8) is 0 Å². The number of hydrogen-bond donors (Lipinski definition) is 0. The highest BCUT2D eigenvalue weighted by Crippen LogP contribution is 2.26. The fourth-order valence-electron chi connectivity index (χ4n) is 1.69. The van der Waals surface area contributed by atoms with Crippen molar-refractivity contribution in [1.29, 1.82) is 5.26 Å². The van der Waals surface area contributed by atoms with E-state index in [1.807, 2.05) is 19.9 Å². The van der Waals surface area contributed by atoms with Gasteiger partial charge in [0.2, 0.25) is 0 Å². The molecule has 0 aliphatic heterocycles. The van der Waals surface area contributed by atoms with Crippen LogP contribution in [0.5, 0.6) is 0 Å². The maximum absolute atomic E-state index is 9.01. The standard InChI is InChI=1S/C12H10Cl2N4/c1-7(2)12-11(6-15)16-17-18(12)8-3-4-9(13)10(14)5-8/h3-5,7H,1-2H3. The van der Waals surface area contributed by atoms with Gasteiger partial charge in [-0.1, -0.05) is 42.3 Å². The summed E-state index contributed by atoms with van der Waals surface area (Å²) < 4.78 is 1.62. The highest BCUT2D eigenvalue weighted by Gasteiger charge is 2.17. The van der Waals surface area contributed by atoms with Gasteiger partial charge in [0.05, 0.1) is 21.4 Å². The topological polar surface area (TPSA) is 54.5 Å². The smallest absolute Gasteiger partial charge is 0.186 e. The summed E-state index contributed by atoms with van der Waals surface area (Å²) in [6.07, 6.45) is 0. The fourth-order valence-corrected chi connectivity index (χ4v) is 1.99. The lowest BCUT2D eigenvalue weighted by atomic mass is 10.1. The van der Waals surface area contributed by atoms with Crippen molar-refractivity contribution in [1.82, 2.24) is 15.0 Å². The van der Waals surface area contributed by atoms with Crippen LogP contribution in [0.15, 0.2) is 18.2 Å². The third-order valence-corrected chi connectivity index (χ3v) is 3.24. The van der Waals surface area contributed by atoms with Gasteiger partial charge in [0.25, 0.3) is 0 Å². The second-order valence-corrected chi connectivity index (χ2v) is 4.91. The van der Waals surface area contributed by atoms with E-state index in [9.17, 15) is 0 Å². The van der Waals surface area contributed by atoms with Gasteiger partial charge in [0.1, 0.15) is 6.07 Å². The fraction of sp³-hybridized carbons (Fsp3) is 0.250. The van der Waals surface area contributed by atoms with E-state index in [-0.39, 0.29) is 5.92 Å². The van der Waals surface area contributed by atoms with Crippen LogP contribution in [-0.4, -0.2) is 15.0 Å². The number of hydrogen-bond acceptors (Lipinski definition) is 3. The molecule has 0 bridgehead atoms. The Morgan fingerprint density at radius 2 is 2.00 bits per heavy atom. The molecule has 0 atom stereocenters. The first-order valence-corrected chi connectivity index (χ1v) is 6.11. The molecule has 0 amide bonds. The van der Waals surface area contributed by atoms with Gasteiger partial charge in [-0.2, -0.15) is 5.26 Å². The summed E-state index contributed by atoms with van der Waals surface area (Å²) >= 11 is 11.9. The van der Waals surface area contributed by atoms with Crippen molar-refractivity contribution >= 4 is 23.2 Å². The van der Waals surface area contributed by atoms with Gasteiger partial charge >= 0.3 is 0 Å². The summed E-state index contributed by atoms with van der Waals surface area (Å²) in [5.74, 6) is 0.129. The largest absolute Gasteiger partial charge is 0.216 e. The van der Waals surface area contributed by atoms with Crippen LogP contribution >= 0.6 is 23.2 Å². The summed E-state index contributed by atoms with van der Waals surface area (Å²) in [6.45, 7) is 3.96. The predicted octanol–water partition coefficient (Wildman–Crippen LogP) is 3.57. The van der Waals surface area contributed by atoms with E-state index in [4.69, 9.17) is 28.5 Å². The summed E-state index contributed by atoms with van der Waals surface area (Å²) in [5, 5.41) is 17.8. The Morgan fingerprint density at radius 1 is 1.28 bits per heavy atom. The minimum atomic E-state index is 0.129. The molecule has 0 fully saturated rings. The quantitative estimate of drug-likeness (QED) is 0.845. The molecular weight excluding hydrogens is 271 g/mol. The molecule has 0 aliphatic carbocycles. The zero-order chi connectivity index (χ0) is 13.3. The molecular formula is C12H10Cl2N4. The molecule has 0 N–H and O–H groups in total. The first kappa shape index (κ1) is 12.9. The van der Waals surface area contributed by atoms with Crippen LogP contribution in [0.1, 0.15) is 31.2 Å². The van der Waals surface area contributed by atoms with Gasteiger partial charge in [-0.25, -0.2) is 4.68 Å². The third kappa shape index (κ3) is 2.20. The molecule has 2 rings (SSSR count). The first-order chi connectivity index (χ1) is 8.54. The number of nitrogens with zero attached hydrogens (tertiary/aromatic N) is 4. The monoisotopic (exact) mass is 280 g/mol. The average molecular weight is 281 g/mol. The summed E-state index contributed by atoms with van der Waals surface area (Å²) in [6, 6.07) is 7.22. The number of rotatable bonds is 2. The van der Waals surface area contributed by atoms with Crippen LogP contribution in [0.4, 0.5) is 0 Å². The molecule has 0 radical (unpaired) electrons. The molecule has 1 aromatic heterocycles. The minimum Gasteiger partial charge on any atom is -0.216 e. The molecule has 1 aromatic carbocycles. The molecule has 1 heterocycles. The van der Waals surface area contributed by atoms with Gasteiger partial charge in [0, 0.05) is 0 Å². The third-order valence-electron chi connectivity index (χ3n) is 2.51. The van der Waals surface area contributed by atoms with E-state index in [0.717, 1.165) is 11.4 Å². The van der Waals surface area contributed by atoms with E-state index in [1.165, 1.54) is 0 Å². The molecule has 0 aliphatic rings. The Hall–Kier alpha value is -1.57. The Balaban J connectivity index is 2.61. The van der Waals surface area contributed by atoms with Crippen molar-refractivity contribution in [3.05, 3.63) is 39.6 Å². The van der Waals surface area contributed by atoms with E-state index < -0.39 is 0 Å². The SMILES string of the molecule is CC(C)c1c(C#N)nnn1-c1ccc(Cl)c(Cl)c1. The van der Waals surface area contributed by atoms with Crippen LogP contribution in [0.25, 0.3) is 5.69 Å². The Morgan fingerprint density at radius 3 is 2.56 bits per heavy atom. The lowest BCUT2D eigenvalue weighted by Gasteiger charge is -2.09. The number of aromatic nitrogens is 3. The lowest BCUT2D eigenvalue weighted by Crippen LogP contribution is -2.04. The molecule has 2 aromatic rings. The molecule has 92 valence electrons. The Kier molecular flexibility index (Phi) is 3.55. The van der Waals surface area contributed by atoms with Gasteiger partial charge in [0.15, 0.2) is 5.69 Å². The highest BCUT2D eigenvalue weighted by atomic mass is 35.5. The molecule has 0 spiro atoms. The first-order valence-electron chi connectivity index (χ1n) is 5.35.